The highest BCUT2D eigenvalue weighted by atomic mass is 15.3. The maximum atomic E-state index is 4.62. The van der Waals surface area contributed by atoms with Gasteiger partial charge in [0.2, 0.25) is 0 Å². The first kappa shape index (κ1) is 13.6. The van der Waals surface area contributed by atoms with Crippen LogP contribution in [0.4, 0.5) is 0 Å². The van der Waals surface area contributed by atoms with Crippen LogP contribution in [0.25, 0.3) is 0 Å². The number of nitrogens with zero attached hydrogens (tertiary/aromatic N) is 2. The average molecular weight is 249 g/mol. The van der Waals surface area contributed by atoms with Crippen molar-refractivity contribution in [1.29, 1.82) is 0 Å². The molecule has 1 saturated carbocycles. The second-order valence-corrected chi connectivity index (χ2v) is 5.88. The van der Waals surface area contributed by atoms with E-state index in [0.717, 1.165) is 18.4 Å². The van der Waals surface area contributed by atoms with Gasteiger partial charge in [-0.3, -0.25) is 4.68 Å². The maximum Gasteiger partial charge on any atom is 0.0796 e. The molecule has 3 nitrogen and oxygen atoms in total. The van der Waals surface area contributed by atoms with Gasteiger partial charge in [-0.15, -0.1) is 0 Å². The summed E-state index contributed by atoms with van der Waals surface area (Å²) in [5, 5.41) is 8.33. The van der Waals surface area contributed by atoms with Crippen LogP contribution in [-0.4, -0.2) is 16.3 Å². The van der Waals surface area contributed by atoms with Crippen molar-refractivity contribution >= 4 is 0 Å². The number of aryl methyl sites for hydroxylation is 1. The van der Waals surface area contributed by atoms with Crippen LogP contribution >= 0.6 is 0 Å². The summed E-state index contributed by atoms with van der Waals surface area (Å²) >= 11 is 0. The van der Waals surface area contributed by atoms with Gasteiger partial charge < -0.3 is 5.32 Å². The van der Waals surface area contributed by atoms with Crippen LogP contribution in [-0.2, 0) is 7.05 Å². The van der Waals surface area contributed by atoms with Gasteiger partial charge in [-0.2, -0.15) is 5.10 Å². The van der Waals surface area contributed by atoms with Crippen molar-refractivity contribution in [2.24, 2.45) is 18.9 Å². The fraction of sp³-hybridized carbons (Fsp3) is 0.800. The van der Waals surface area contributed by atoms with Crippen LogP contribution in [0.3, 0.4) is 0 Å². The second-order valence-electron chi connectivity index (χ2n) is 5.88. The van der Waals surface area contributed by atoms with Crippen LogP contribution in [0.15, 0.2) is 12.3 Å². The third-order valence-electron chi connectivity index (χ3n) is 4.12. The molecule has 0 aliphatic heterocycles. The van der Waals surface area contributed by atoms with Crippen LogP contribution in [0, 0.1) is 11.8 Å². The lowest BCUT2D eigenvalue weighted by atomic mass is 9.77. The zero-order chi connectivity index (χ0) is 13.0. The third kappa shape index (κ3) is 3.35. The van der Waals surface area contributed by atoms with Crippen molar-refractivity contribution in [3.05, 3.63) is 18.0 Å². The van der Waals surface area contributed by atoms with Crippen molar-refractivity contribution in [2.75, 3.05) is 6.54 Å². The molecular formula is C15H27N3. The predicted molar refractivity (Wildman–Crippen MR) is 75.4 cm³/mol. The molecule has 0 amide bonds. The highest BCUT2D eigenvalue weighted by molar-refractivity contribution is 5.07. The number of nitrogens with one attached hydrogen (secondary N) is 1. The SMILES string of the molecule is CCCNC(c1ccn(C)n1)C1CCCC(C)C1. The average Bonchev–Trinajstić information content (AvgIpc) is 2.76. The number of aromatic nitrogens is 2. The topological polar surface area (TPSA) is 29.9 Å². The van der Waals surface area contributed by atoms with E-state index in [-0.39, 0.29) is 0 Å². The fourth-order valence-corrected chi connectivity index (χ4v) is 3.20. The molecule has 1 aliphatic rings. The molecule has 102 valence electrons. The largest absolute Gasteiger partial charge is 0.308 e. The summed E-state index contributed by atoms with van der Waals surface area (Å²) in [7, 11) is 2.00. The van der Waals surface area contributed by atoms with E-state index in [9.17, 15) is 0 Å². The molecule has 0 spiro atoms. The summed E-state index contributed by atoms with van der Waals surface area (Å²) in [6.07, 6.45) is 8.72. The molecule has 1 aromatic heterocycles. The zero-order valence-electron chi connectivity index (χ0n) is 12.0. The maximum absolute atomic E-state index is 4.62. The van der Waals surface area contributed by atoms with E-state index in [4.69, 9.17) is 0 Å². The van der Waals surface area contributed by atoms with Gasteiger partial charge >= 0.3 is 0 Å². The molecule has 1 fully saturated rings. The van der Waals surface area contributed by atoms with E-state index < -0.39 is 0 Å². The molecule has 18 heavy (non-hydrogen) atoms. The van der Waals surface area contributed by atoms with Crippen molar-refractivity contribution in [3.63, 3.8) is 0 Å². The predicted octanol–water partition coefficient (Wildman–Crippen LogP) is 3.29. The Morgan fingerprint density at radius 1 is 1.50 bits per heavy atom. The van der Waals surface area contributed by atoms with Gasteiger partial charge in [0, 0.05) is 13.2 Å². The lowest BCUT2D eigenvalue weighted by Crippen LogP contribution is -2.32. The van der Waals surface area contributed by atoms with Gasteiger partial charge in [-0.05, 0) is 43.7 Å². The molecular weight excluding hydrogens is 222 g/mol. The van der Waals surface area contributed by atoms with Crippen molar-refractivity contribution < 1.29 is 0 Å². The van der Waals surface area contributed by atoms with Crippen molar-refractivity contribution in [3.8, 4) is 0 Å². The molecule has 3 atom stereocenters. The molecule has 0 saturated heterocycles. The first-order chi connectivity index (χ1) is 8.70. The highest BCUT2D eigenvalue weighted by Crippen LogP contribution is 2.36. The van der Waals surface area contributed by atoms with Gasteiger partial charge in [0.1, 0.15) is 0 Å². The van der Waals surface area contributed by atoms with E-state index in [1.807, 2.05) is 11.7 Å². The summed E-state index contributed by atoms with van der Waals surface area (Å²) in [5.41, 5.74) is 1.23. The summed E-state index contributed by atoms with van der Waals surface area (Å²) in [6, 6.07) is 2.63. The van der Waals surface area contributed by atoms with E-state index in [1.165, 1.54) is 37.8 Å². The molecule has 1 N–H and O–H groups in total. The second kappa shape index (κ2) is 6.37. The molecule has 3 heteroatoms. The third-order valence-corrected chi connectivity index (χ3v) is 4.12. The Bertz CT molecular complexity index is 358. The van der Waals surface area contributed by atoms with Gasteiger partial charge in [0.25, 0.3) is 0 Å². The van der Waals surface area contributed by atoms with Crippen LogP contribution in [0.5, 0.6) is 0 Å². The Hall–Kier alpha value is -0.830. The lowest BCUT2D eigenvalue weighted by molar-refractivity contribution is 0.220. The highest BCUT2D eigenvalue weighted by Gasteiger charge is 2.28. The number of rotatable bonds is 5. The van der Waals surface area contributed by atoms with Crippen molar-refractivity contribution in [2.45, 2.75) is 52.0 Å². The number of hydrogen-bond donors (Lipinski definition) is 1. The van der Waals surface area contributed by atoms with Gasteiger partial charge in [-0.25, -0.2) is 0 Å². The van der Waals surface area contributed by atoms with Crippen LogP contribution in [0.1, 0.15) is 57.7 Å². The summed E-state index contributed by atoms with van der Waals surface area (Å²) in [6.45, 7) is 5.71. The first-order valence-electron chi connectivity index (χ1n) is 7.43. The van der Waals surface area contributed by atoms with E-state index in [0.29, 0.717) is 6.04 Å². The normalized spacial score (nSPS) is 26.2. The molecule has 3 unspecified atom stereocenters. The minimum Gasteiger partial charge on any atom is -0.308 e. The Morgan fingerprint density at radius 3 is 2.94 bits per heavy atom. The Labute approximate surface area is 111 Å². The van der Waals surface area contributed by atoms with Gasteiger partial charge in [0.15, 0.2) is 0 Å². The summed E-state index contributed by atoms with van der Waals surface area (Å²) in [4.78, 5) is 0. The molecule has 0 aromatic carbocycles. The molecule has 0 radical (unpaired) electrons. The minimum absolute atomic E-state index is 0.453. The zero-order valence-corrected chi connectivity index (χ0v) is 12.0. The van der Waals surface area contributed by atoms with Crippen LogP contribution in [0.2, 0.25) is 0 Å². The monoisotopic (exact) mass is 249 g/mol. The Balaban J connectivity index is 2.08. The summed E-state index contributed by atoms with van der Waals surface area (Å²) in [5.74, 6) is 1.63. The van der Waals surface area contributed by atoms with Gasteiger partial charge in [0.05, 0.1) is 11.7 Å². The molecule has 2 rings (SSSR count). The van der Waals surface area contributed by atoms with E-state index >= 15 is 0 Å². The van der Waals surface area contributed by atoms with E-state index in [1.54, 1.807) is 0 Å². The lowest BCUT2D eigenvalue weighted by Gasteiger charge is -2.33. The summed E-state index contributed by atoms with van der Waals surface area (Å²) < 4.78 is 1.92. The Kier molecular flexibility index (Phi) is 4.81. The Morgan fingerprint density at radius 2 is 2.33 bits per heavy atom. The molecule has 0 bridgehead atoms. The molecule has 1 aliphatic carbocycles. The quantitative estimate of drug-likeness (QED) is 0.868. The molecule has 1 aromatic rings. The number of hydrogen-bond acceptors (Lipinski definition) is 2. The smallest absolute Gasteiger partial charge is 0.0796 e. The minimum atomic E-state index is 0.453. The molecule has 1 heterocycles. The van der Waals surface area contributed by atoms with E-state index in [2.05, 4.69) is 36.5 Å². The van der Waals surface area contributed by atoms with Crippen molar-refractivity contribution in [1.82, 2.24) is 15.1 Å². The van der Waals surface area contributed by atoms with Crippen LogP contribution < -0.4 is 5.32 Å². The fourth-order valence-electron chi connectivity index (χ4n) is 3.20. The standard InChI is InChI=1S/C15H27N3/c1-4-9-16-15(14-8-10-18(3)17-14)13-7-5-6-12(2)11-13/h8,10,12-13,15-16H,4-7,9,11H2,1-3H3. The van der Waals surface area contributed by atoms with Gasteiger partial charge in [-0.1, -0.05) is 26.7 Å². The first-order valence-corrected chi connectivity index (χ1v) is 7.43.